The first-order chi connectivity index (χ1) is 12.0. The smallest absolute Gasteiger partial charge is 0.244 e. The molecule has 1 aromatic carbocycles. The summed E-state index contributed by atoms with van der Waals surface area (Å²) in [5.41, 5.74) is 1.16. The van der Waals surface area contributed by atoms with E-state index in [0.717, 1.165) is 5.56 Å². The van der Waals surface area contributed by atoms with Gasteiger partial charge in [0.15, 0.2) is 0 Å². The Balaban J connectivity index is 1.85. The molecule has 0 aliphatic carbocycles. The largest absolute Gasteiger partial charge is 0.338 e. The van der Waals surface area contributed by atoms with Crippen molar-refractivity contribution in [2.45, 2.75) is 6.04 Å². The first-order valence-electron chi connectivity index (χ1n) is 7.73. The Labute approximate surface area is 144 Å². The van der Waals surface area contributed by atoms with Crippen molar-refractivity contribution in [3.8, 4) is 0 Å². The fourth-order valence-electron chi connectivity index (χ4n) is 2.53. The van der Waals surface area contributed by atoms with E-state index in [0.29, 0.717) is 11.4 Å². The normalized spacial score (nSPS) is 12.4. The summed E-state index contributed by atoms with van der Waals surface area (Å²) in [6.07, 6.45) is 9.85. The molecule has 2 heterocycles. The first kappa shape index (κ1) is 16.6. The number of benzene rings is 1. The molecule has 0 fully saturated rings. The highest BCUT2D eigenvalue weighted by Gasteiger charge is 2.22. The third kappa shape index (κ3) is 3.82. The minimum atomic E-state index is -0.688. The van der Waals surface area contributed by atoms with Gasteiger partial charge in [-0.3, -0.25) is 9.48 Å². The van der Waals surface area contributed by atoms with Gasteiger partial charge in [0.2, 0.25) is 5.91 Å². The van der Waals surface area contributed by atoms with Crippen molar-refractivity contribution in [1.82, 2.24) is 24.6 Å². The molecule has 7 heteroatoms. The summed E-state index contributed by atoms with van der Waals surface area (Å²) in [6.45, 7) is 0. The Hall–Kier alpha value is -3.22. The molecule has 128 valence electrons. The predicted molar refractivity (Wildman–Crippen MR) is 91.8 cm³/mol. The van der Waals surface area contributed by atoms with E-state index >= 15 is 0 Å². The topological polar surface area (TPSA) is 64.7 Å². The van der Waals surface area contributed by atoms with Gasteiger partial charge >= 0.3 is 0 Å². The van der Waals surface area contributed by atoms with E-state index in [1.165, 1.54) is 12.1 Å². The molecular formula is C18H18FN5O. The molecular weight excluding hydrogens is 321 g/mol. The highest BCUT2D eigenvalue weighted by atomic mass is 19.1. The minimum absolute atomic E-state index is 0.347. The Morgan fingerprint density at radius 3 is 2.76 bits per heavy atom. The molecule has 0 unspecified atom stereocenters. The first-order valence-corrected chi connectivity index (χ1v) is 7.73. The van der Waals surface area contributed by atoms with Gasteiger partial charge in [-0.1, -0.05) is 18.2 Å². The van der Waals surface area contributed by atoms with Crippen LogP contribution in [0.5, 0.6) is 0 Å². The maximum absolute atomic E-state index is 14.2. The zero-order valence-electron chi connectivity index (χ0n) is 13.9. The van der Waals surface area contributed by atoms with Gasteiger partial charge in [0.05, 0.1) is 6.20 Å². The summed E-state index contributed by atoms with van der Waals surface area (Å²) in [4.78, 5) is 16.6. The lowest BCUT2D eigenvalue weighted by atomic mass is 10.1. The lowest BCUT2D eigenvalue weighted by molar-refractivity contribution is -0.117. The lowest BCUT2D eigenvalue weighted by Gasteiger charge is -2.18. The third-order valence-corrected chi connectivity index (χ3v) is 3.77. The maximum Gasteiger partial charge on any atom is 0.244 e. The quantitative estimate of drug-likeness (QED) is 0.725. The molecule has 0 aliphatic rings. The number of carbonyl (C=O) groups is 1. The zero-order valence-corrected chi connectivity index (χ0v) is 13.9. The maximum atomic E-state index is 14.2. The monoisotopic (exact) mass is 339 g/mol. The number of amides is 1. The number of aryl methyl sites for hydroxylation is 2. The summed E-state index contributed by atoms with van der Waals surface area (Å²) in [5, 5.41) is 6.86. The van der Waals surface area contributed by atoms with Gasteiger partial charge in [-0.05, 0) is 12.1 Å². The fourth-order valence-corrected chi connectivity index (χ4v) is 2.53. The van der Waals surface area contributed by atoms with Gasteiger partial charge < -0.3 is 9.88 Å². The second-order valence-corrected chi connectivity index (χ2v) is 5.64. The van der Waals surface area contributed by atoms with Crippen molar-refractivity contribution >= 4 is 12.0 Å². The van der Waals surface area contributed by atoms with E-state index in [4.69, 9.17) is 0 Å². The van der Waals surface area contributed by atoms with Crippen molar-refractivity contribution in [3.05, 3.63) is 77.9 Å². The van der Waals surface area contributed by atoms with E-state index in [9.17, 15) is 9.18 Å². The average molecular weight is 339 g/mol. The highest BCUT2D eigenvalue weighted by Crippen LogP contribution is 2.23. The van der Waals surface area contributed by atoms with Crippen LogP contribution in [0.15, 0.2) is 55.1 Å². The third-order valence-electron chi connectivity index (χ3n) is 3.77. The van der Waals surface area contributed by atoms with E-state index in [2.05, 4.69) is 15.4 Å². The predicted octanol–water partition coefficient (Wildman–Crippen LogP) is 2.21. The molecule has 0 aliphatic heterocycles. The highest BCUT2D eigenvalue weighted by molar-refractivity contribution is 5.92. The SMILES string of the molecule is Cn1cc(/C=C/C(=O)N[C@H](c2ccccc2F)c2nccn2C)cn1. The number of nitrogens with zero attached hydrogens (tertiary/aromatic N) is 4. The second-order valence-electron chi connectivity index (χ2n) is 5.64. The molecule has 1 atom stereocenters. The van der Waals surface area contributed by atoms with E-state index in [1.807, 2.05) is 0 Å². The molecule has 3 aromatic rings. The summed E-state index contributed by atoms with van der Waals surface area (Å²) in [7, 11) is 3.60. The number of hydrogen-bond donors (Lipinski definition) is 1. The van der Waals surface area contributed by atoms with Crippen LogP contribution in [0.1, 0.15) is 23.0 Å². The summed E-state index contributed by atoms with van der Waals surface area (Å²) in [5.74, 6) is -0.194. The number of aromatic nitrogens is 4. The molecule has 6 nitrogen and oxygen atoms in total. The van der Waals surface area contributed by atoms with Crippen LogP contribution in [0.25, 0.3) is 6.08 Å². The lowest BCUT2D eigenvalue weighted by Crippen LogP contribution is -2.30. The van der Waals surface area contributed by atoms with Gasteiger partial charge in [-0.2, -0.15) is 5.10 Å². The average Bonchev–Trinajstić information content (AvgIpc) is 3.20. The van der Waals surface area contributed by atoms with Crippen LogP contribution in [0.2, 0.25) is 0 Å². The van der Waals surface area contributed by atoms with Crippen LogP contribution in [-0.2, 0) is 18.9 Å². The fraction of sp³-hybridized carbons (Fsp3) is 0.167. The van der Waals surface area contributed by atoms with Crippen molar-refractivity contribution in [1.29, 1.82) is 0 Å². The van der Waals surface area contributed by atoms with Crippen LogP contribution >= 0.6 is 0 Å². The van der Waals surface area contributed by atoms with Crippen LogP contribution in [0.3, 0.4) is 0 Å². The molecule has 0 spiro atoms. The number of hydrogen-bond acceptors (Lipinski definition) is 3. The van der Waals surface area contributed by atoms with Crippen molar-refractivity contribution in [2.75, 3.05) is 0 Å². The summed E-state index contributed by atoms with van der Waals surface area (Å²) in [6, 6.07) is 5.65. The molecule has 25 heavy (non-hydrogen) atoms. The van der Waals surface area contributed by atoms with Crippen LogP contribution in [-0.4, -0.2) is 25.2 Å². The Morgan fingerprint density at radius 1 is 1.32 bits per heavy atom. The number of imidazole rings is 1. The van der Waals surface area contributed by atoms with Gasteiger partial charge in [-0.15, -0.1) is 0 Å². The zero-order chi connectivity index (χ0) is 17.8. The molecule has 2 aromatic heterocycles. The van der Waals surface area contributed by atoms with E-state index in [1.54, 1.807) is 72.4 Å². The number of halogens is 1. The molecule has 1 amide bonds. The minimum Gasteiger partial charge on any atom is -0.338 e. The van der Waals surface area contributed by atoms with Gasteiger partial charge in [-0.25, -0.2) is 9.37 Å². The molecule has 0 radical (unpaired) electrons. The number of rotatable bonds is 5. The van der Waals surface area contributed by atoms with Crippen molar-refractivity contribution in [3.63, 3.8) is 0 Å². The Bertz CT molecular complexity index is 912. The number of nitrogens with one attached hydrogen (secondary N) is 1. The Kier molecular flexibility index (Phi) is 4.74. The molecule has 0 saturated carbocycles. The van der Waals surface area contributed by atoms with Gasteiger partial charge in [0.1, 0.15) is 17.7 Å². The van der Waals surface area contributed by atoms with E-state index in [-0.39, 0.29) is 5.91 Å². The summed E-state index contributed by atoms with van der Waals surface area (Å²) < 4.78 is 17.6. The van der Waals surface area contributed by atoms with Gasteiger partial charge in [0, 0.05) is 49.9 Å². The van der Waals surface area contributed by atoms with Crippen LogP contribution in [0, 0.1) is 5.82 Å². The second kappa shape index (κ2) is 7.12. The van der Waals surface area contributed by atoms with Crippen molar-refractivity contribution in [2.24, 2.45) is 14.1 Å². The summed E-state index contributed by atoms with van der Waals surface area (Å²) >= 11 is 0. The number of carbonyl (C=O) groups excluding carboxylic acids is 1. The van der Waals surface area contributed by atoms with E-state index < -0.39 is 11.9 Å². The standard InChI is InChI=1S/C18H18FN5O/c1-23-10-9-20-18(23)17(14-5-3-4-6-15(14)19)22-16(25)8-7-13-11-21-24(2)12-13/h3-12,17H,1-2H3,(H,22,25)/b8-7+/t17-/m1/s1. The van der Waals surface area contributed by atoms with Crippen molar-refractivity contribution < 1.29 is 9.18 Å². The molecule has 3 rings (SSSR count). The molecule has 0 bridgehead atoms. The van der Waals surface area contributed by atoms with Crippen LogP contribution in [0.4, 0.5) is 4.39 Å². The van der Waals surface area contributed by atoms with Gasteiger partial charge in [0.25, 0.3) is 0 Å². The molecule has 1 N–H and O–H groups in total. The van der Waals surface area contributed by atoms with Crippen LogP contribution < -0.4 is 5.32 Å². The Morgan fingerprint density at radius 2 is 2.12 bits per heavy atom. The molecule has 0 saturated heterocycles.